The van der Waals surface area contributed by atoms with E-state index in [1.807, 2.05) is 11.8 Å². The number of aryl methyl sites for hydroxylation is 2. The molecule has 0 atom stereocenters. The van der Waals surface area contributed by atoms with Gasteiger partial charge >= 0.3 is 0 Å². The van der Waals surface area contributed by atoms with Crippen LogP contribution in [-0.2, 0) is 6.42 Å². The van der Waals surface area contributed by atoms with Crippen LogP contribution in [0.5, 0.6) is 0 Å². The number of piperidine rings is 1. The molecule has 1 N–H and O–H groups in total. The quantitative estimate of drug-likeness (QED) is 0.794. The summed E-state index contributed by atoms with van der Waals surface area (Å²) in [5, 5.41) is 0. The summed E-state index contributed by atoms with van der Waals surface area (Å²) in [6, 6.07) is 6.26. The average molecular weight is 338 g/mol. The standard InChI is InChI=1S/C19H22N4O2/c1-3-16-17(20-11-25-16)19(24)23-8-6-13(7-9-23)18-21-14-5-4-12(2)10-15(14)22-18/h4-5,10-11,13H,3,6-9H2,1-2H3,(H,21,22). The van der Waals surface area contributed by atoms with Gasteiger partial charge in [-0.2, -0.15) is 0 Å². The smallest absolute Gasteiger partial charge is 0.276 e. The summed E-state index contributed by atoms with van der Waals surface area (Å²) in [5.41, 5.74) is 3.78. The molecule has 3 aromatic rings. The third kappa shape index (κ3) is 2.92. The maximum Gasteiger partial charge on any atom is 0.276 e. The van der Waals surface area contributed by atoms with Gasteiger partial charge in [0.1, 0.15) is 11.6 Å². The van der Waals surface area contributed by atoms with Crippen molar-refractivity contribution in [3.05, 3.63) is 47.4 Å². The summed E-state index contributed by atoms with van der Waals surface area (Å²) in [7, 11) is 0. The molecule has 4 rings (SSSR count). The van der Waals surface area contributed by atoms with Crippen molar-refractivity contribution in [3.63, 3.8) is 0 Å². The summed E-state index contributed by atoms with van der Waals surface area (Å²) >= 11 is 0. The molecule has 1 aromatic carbocycles. The number of likely N-dealkylation sites (tertiary alicyclic amines) is 1. The highest BCUT2D eigenvalue weighted by molar-refractivity contribution is 5.93. The molecule has 0 aliphatic carbocycles. The minimum absolute atomic E-state index is 0.0238. The van der Waals surface area contributed by atoms with Gasteiger partial charge in [-0.3, -0.25) is 4.79 Å². The van der Waals surface area contributed by atoms with Crippen LogP contribution in [0, 0.1) is 6.92 Å². The van der Waals surface area contributed by atoms with Crippen LogP contribution >= 0.6 is 0 Å². The second-order valence-electron chi connectivity index (χ2n) is 6.69. The number of imidazole rings is 1. The Balaban J connectivity index is 1.46. The number of hydrogen-bond acceptors (Lipinski definition) is 4. The second-order valence-corrected chi connectivity index (χ2v) is 6.69. The number of hydrogen-bond donors (Lipinski definition) is 1. The number of oxazole rings is 1. The number of nitrogens with zero attached hydrogens (tertiary/aromatic N) is 3. The predicted molar refractivity (Wildman–Crippen MR) is 94.6 cm³/mol. The molecule has 130 valence electrons. The Bertz CT molecular complexity index is 903. The fraction of sp³-hybridized carbons (Fsp3) is 0.421. The first-order chi connectivity index (χ1) is 12.2. The van der Waals surface area contributed by atoms with Crippen molar-refractivity contribution in [1.29, 1.82) is 0 Å². The molecule has 0 unspecified atom stereocenters. The first kappa shape index (κ1) is 15.9. The molecule has 0 saturated carbocycles. The zero-order valence-electron chi connectivity index (χ0n) is 14.6. The Kier molecular flexibility index (Phi) is 4.03. The number of carbonyl (C=O) groups excluding carboxylic acids is 1. The van der Waals surface area contributed by atoms with E-state index in [2.05, 4.69) is 35.1 Å². The summed E-state index contributed by atoms with van der Waals surface area (Å²) < 4.78 is 5.29. The van der Waals surface area contributed by atoms with Crippen LogP contribution in [0.25, 0.3) is 11.0 Å². The average Bonchev–Trinajstić information content (AvgIpc) is 3.27. The Labute approximate surface area is 146 Å². The largest absolute Gasteiger partial charge is 0.448 e. The molecule has 6 heteroatoms. The van der Waals surface area contributed by atoms with Crippen molar-refractivity contribution < 1.29 is 9.21 Å². The minimum atomic E-state index is -0.0238. The van der Waals surface area contributed by atoms with Crippen LogP contribution in [0.4, 0.5) is 0 Å². The van der Waals surface area contributed by atoms with Gasteiger partial charge in [-0.15, -0.1) is 0 Å². The fourth-order valence-corrected chi connectivity index (χ4v) is 3.54. The van der Waals surface area contributed by atoms with E-state index in [0.717, 1.165) is 42.8 Å². The van der Waals surface area contributed by atoms with Gasteiger partial charge in [-0.05, 0) is 37.5 Å². The Morgan fingerprint density at radius 3 is 2.92 bits per heavy atom. The van der Waals surface area contributed by atoms with Crippen LogP contribution in [0.2, 0.25) is 0 Å². The number of benzene rings is 1. The molecule has 1 amide bonds. The third-order valence-corrected chi connectivity index (χ3v) is 4.99. The Hall–Kier alpha value is -2.63. The number of H-pyrrole nitrogens is 1. The van der Waals surface area contributed by atoms with E-state index < -0.39 is 0 Å². The van der Waals surface area contributed by atoms with Gasteiger partial charge in [0.25, 0.3) is 5.91 Å². The number of amides is 1. The topological polar surface area (TPSA) is 75.0 Å². The van der Waals surface area contributed by atoms with Gasteiger partial charge in [0.2, 0.25) is 0 Å². The molecule has 0 bridgehead atoms. The van der Waals surface area contributed by atoms with Gasteiger partial charge in [0, 0.05) is 25.4 Å². The molecule has 1 saturated heterocycles. The van der Waals surface area contributed by atoms with E-state index in [4.69, 9.17) is 9.40 Å². The highest BCUT2D eigenvalue weighted by Gasteiger charge is 2.28. The Morgan fingerprint density at radius 2 is 2.16 bits per heavy atom. The highest BCUT2D eigenvalue weighted by Crippen LogP contribution is 2.28. The second kappa shape index (κ2) is 6.35. The maximum atomic E-state index is 12.6. The van der Waals surface area contributed by atoms with Crippen LogP contribution in [0.15, 0.2) is 29.0 Å². The molecule has 1 aliphatic heterocycles. The SMILES string of the molecule is CCc1ocnc1C(=O)N1CCC(c2nc3ccc(C)cc3[nH]2)CC1. The molecular weight excluding hydrogens is 316 g/mol. The molecule has 25 heavy (non-hydrogen) atoms. The minimum Gasteiger partial charge on any atom is -0.448 e. The van der Waals surface area contributed by atoms with Crippen molar-refractivity contribution in [3.8, 4) is 0 Å². The highest BCUT2D eigenvalue weighted by atomic mass is 16.3. The monoisotopic (exact) mass is 338 g/mol. The fourth-order valence-electron chi connectivity index (χ4n) is 3.54. The molecule has 2 aromatic heterocycles. The van der Waals surface area contributed by atoms with Gasteiger partial charge < -0.3 is 14.3 Å². The van der Waals surface area contributed by atoms with Crippen molar-refractivity contribution in [2.45, 2.75) is 39.0 Å². The predicted octanol–water partition coefficient (Wildman–Crippen LogP) is 3.44. The zero-order valence-corrected chi connectivity index (χ0v) is 14.6. The number of rotatable bonds is 3. The Morgan fingerprint density at radius 1 is 1.36 bits per heavy atom. The van der Waals surface area contributed by atoms with Gasteiger partial charge in [0.15, 0.2) is 12.1 Å². The first-order valence-electron chi connectivity index (χ1n) is 8.83. The van der Waals surface area contributed by atoms with Crippen LogP contribution in [0.1, 0.15) is 53.3 Å². The van der Waals surface area contributed by atoms with Crippen LogP contribution in [0.3, 0.4) is 0 Å². The zero-order chi connectivity index (χ0) is 17.4. The molecule has 0 radical (unpaired) electrons. The first-order valence-corrected chi connectivity index (χ1v) is 8.83. The number of carbonyl (C=O) groups is 1. The van der Waals surface area contributed by atoms with Crippen molar-refractivity contribution in [2.75, 3.05) is 13.1 Å². The lowest BCUT2D eigenvalue weighted by Crippen LogP contribution is -2.38. The summed E-state index contributed by atoms with van der Waals surface area (Å²) in [6.45, 7) is 5.48. The molecule has 1 aliphatic rings. The van der Waals surface area contributed by atoms with Crippen molar-refractivity contribution in [1.82, 2.24) is 19.9 Å². The summed E-state index contributed by atoms with van der Waals surface area (Å²) in [4.78, 5) is 26.8. The van der Waals surface area contributed by atoms with Gasteiger partial charge in [-0.1, -0.05) is 13.0 Å². The number of aromatic amines is 1. The van der Waals surface area contributed by atoms with E-state index in [1.165, 1.54) is 12.0 Å². The third-order valence-electron chi connectivity index (χ3n) is 4.99. The summed E-state index contributed by atoms with van der Waals surface area (Å²) in [5.74, 6) is 2.03. The molecular formula is C19H22N4O2. The van der Waals surface area contributed by atoms with Crippen molar-refractivity contribution >= 4 is 16.9 Å². The maximum absolute atomic E-state index is 12.6. The van der Waals surface area contributed by atoms with E-state index in [0.29, 0.717) is 23.8 Å². The van der Waals surface area contributed by atoms with E-state index >= 15 is 0 Å². The van der Waals surface area contributed by atoms with Crippen LogP contribution in [-0.4, -0.2) is 38.8 Å². The van der Waals surface area contributed by atoms with Crippen molar-refractivity contribution in [2.24, 2.45) is 0 Å². The number of fused-ring (bicyclic) bond motifs is 1. The molecule has 6 nitrogen and oxygen atoms in total. The lowest BCUT2D eigenvalue weighted by Gasteiger charge is -2.30. The lowest BCUT2D eigenvalue weighted by molar-refractivity contribution is 0.0704. The van der Waals surface area contributed by atoms with E-state index in [-0.39, 0.29) is 5.91 Å². The molecule has 1 fully saturated rings. The van der Waals surface area contributed by atoms with Crippen LogP contribution < -0.4 is 0 Å². The number of aromatic nitrogens is 3. The lowest BCUT2D eigenvalue weighted by atomic mass is 9.96. The van der Waals surface area contributed by atoms with Gasteiger partial charge in [0.05, 0.1) is 11.0 Å². The molecule has 0 spiro atoms. The number of nitrogens with one attached hydrogen (secondary N) is 1. The van der Waals surface area contributed by atoms with E-state index in [1.54, 1.807) is 0 Å². The summed E-state index contributed by atoms with van der Waals surface area (Å²) in [6.07, 6.45) is 3.85. The molecule has 3 heterocycles. The van der Waals surface area contributed by atoms with E-state index in [9.17, 15) is 4.79 Å². The normalized spacial score (nSPS) is 15.8. The van der Waals surface area contributed by atoms with Gasteiger partial charge in [-0.25, -0.2) is 9.97 Å².